The lowest BCUT2D eigenvalue weighted by Gasteiger charge is -2.31. The highest BCUT2D eigenvalue weighted by atomic mass is 32.2. The van der Waals surface area contributed by atoms with Crippen LogP contribution in [0.15, 0.2) is 33.6 Å². The van der Waals surface area contributed by atoms with Gasteiger partial charge in [-0.25, -0.2) is 0 Å². The van der Waals surface area contributed by atoms with Crippen molar-refractivity contribution >= 4 is 15.9 Å². The summed E-state index contributed by atoms with van der Waals surface area (Å²) < 4.78 is 29.7. The maximum Gasteiger partial charge on any atom is 0.283 e. The number of hydrogen-bond donors (Lipinski definition) is 0. The van der Waals surface area contributed by atoms with Gasteiger partial charge < -0.3 is 4.90 Å². The van der Waals surface area contributed by atoms with Gasteiger partial charge in [0.25, 0.3) is 10.0 Å². The molecule has 3 rings (SSSR count). The average Bonchev–Trinajstić information content (AvgIpc) is 3.08. The fourth-order valence-electron chi connectivity index (χ4n) is 3.38. The van der Waals surface area contributed by atoms with Crippen molar-refractivity contribution in [2.45, 2.75) is 43.9 Å². The van der Waals surface area contributed by atoms with Crippen LogP contribution in [0.25, 0.3) is 0 Å². The molecule has 0 aromatic heterocycles. The van der Waals surface area contributed by atoms with Crippen molar-refractivity contribution in [3.05, 3.63) is 29.8 Å². The lowest BCUT2D eigenvalue weighted by atomic mass is 10.1. The van der Waals surface area contributed by atoms with E-state index in [1.54, 1.807) is 12.1 Å². The molecule has 0 amide bonds. The zero-order chi connectivity index (χ0) is 17.0. The Bertz CT molecular complexity index is 671. The molecule has 0 saturated carbocycles. The zero-order valence-electron chi connectivity index (χ0n) is 14.4. The lowest BCUT2D eigenvalue weighted by Crippen LogP contribution is -2.42. The standard InChI is InChI=1S/C18H27N3O2S/c1-16-7-9-17(10-8-16)24(22,23)19-18(15-20-11-5-6-12-20)21-13-3-2-4-14-21/h7-10H,2-6,11-15H2,1H3/b19-18-. The van der Waals surface area contributed by atoms with Gasteiger partial charge in [-0.3, -0.25) is 4.90 Å². The molecule has 1 aromatic rings. The Kier molecular flexibility index (Phi) is 5.56. The minimum atomic E-state index is -3.65. The van der Waals surface area contributed by atoms with Crippen molar-refractivity contribution in [3.63, 3.8) is 0 Å². The number of amidine groups is 1. The molecule has 0 N–H and O–H groups in total. The molecule has 2 heterocycles. The zero-order valence-corrected chi connectivity index (χ0v) is 15.3. The van der Waals surface area contributed by atoms with E-state index in [1.165, 1.54) is 19.3 Å². The van der Waals surface area contributed by atoms with Gasteiger partial charge in [0.2, 0.25) is 0 Å². The first-order valence-electron chi connectivity index (χ1n) is 8.92. The van der Waals surface area contributed by atoms with Gasteiger partial charge in [-0.15, -0.1) is 4.40 Å². The van der Waals surface area contributed by atoms with Crippen LogP contribution in [0.5, 0.6) is 0 Å². The van der Waals surface area contributed by atoms with Gasteiger partial charge in [-0.2, -0.15) is 8.42 Å². The number of sulfonamides is 1. The fourth-order valence-corrected chi connectivity index (χ4v) is 4.42. The predicted molar refractivity (Wildman–Crippen MR) is 96.9 cm³/mol. The van der Waals surface area contributed by atoms with E-state index < -0.39 is 10.0 Å². The third kappa shape index (κ3) is 4.36. The van der Waals surface area contributed by atoms with E-state index in [-0.39, 0.29) is 4.90 Å². The van der Waals surface area contributed by atoms with Crippen molar-refractivity contribution in [1.29, 1.82) is 0 Å². The van der Waals surface area contributed by atoms with Gasteiger partial charge in [0, 0.05) is 13.1 Å². The van der Waals surface area contributed by atoms with Crippen LogP contribution in [0.2, 0.25) is 0 Å². The van der Waals surface area contributed by atoms with Crippen molar-refractivity contribution in [1.82, 2.24) is 9.80 Å². The van der Waals surface area contributed by atoms with Gasteiger partial charge in [0.1, 0.15) is 5.84 Å². The van der Waals surface area contributed by atoms with Crippen molar-refractivity contribution in [2.75, 3.05) is 32.7 Å². The van der Waals surface area contributed by atoms with E-state index in [1.807, 2.05) is 19.1 Å². The van der Waals surface area contributed by atoms with Crippen LogP contribution in [0.3, 0.4) is 0 Å². The van der Waals surface area contributed by atoms with E-state index >= 15 is 0 Å². The molecule has 2 saturated heterocycles. The summed E-state index contributed by atoms with van der Waals surface area (Å²) in [5, 5.41) is 0. The normalized spacial score (nSPS) is 20.5. The molecule has 0 aliphatic carbocycles. The van der Waals surface area contributed by atoms with Gasteiger partial charge >= 0.3 is 0 Å². The second kappa shape index (κ2) is 7.66. The number of piperidine rings is 1. The summed E-state index contributed by atoms with van der Waals surface area (Å²) in [4.78, 5) is 4.77. The van der Waals surface area contributed by atoms with Crippen LogP contribution in [-0.4, -0.2) is 56.8 Å². The number of hydrogen-bond acceptors (Lipinski definition) is 3. The molecule has 5 nitrogen and oxygen atoms in total. The highest BCUT2D eigenvalue weighted by Crippen LogP contribution is 2.17. The van der Waals surface area contributed by atoms with Crippen LogP contribution in [-0.2, 0) is 10.0 Å². The van der Waals surface area contributed by atoms with Crippen LogP contribution in [0, 0.1) is 6.92 Å². The summed E-state index contributed by atoms with van der Waals surface area (Å²) in [6.07, 6.45) is 5.83. The van der Waals surface area contributed by atoms with E-state index in [4.69, 9.17) is 0 Å². The highest BCUT2D eigenvalue weighted by Gasteiger charge is 2.23. The molecule has 1 aromatic carbocycles. The van der Waals surface area contributed by atoms with Crippen molar-refractivity contribution in [3.8, 4) is 0 Å². The van der Waals surface area contributed by atoms with Crippen molar-refractivity contribution < 1.29 is 8.42 Å². The first-order valence-corrected chi connectivity index (χ1v) is 10.4. The largest absolute Gasteiger partial charge is 0.358 e. The van der Waals surface area contributed by atoms with E-state index in [2.05, 4.69) is 14.2 Å². The topological polar surface area (TPSA) is 53.0 Å². The second-order valence-electron chi connectivity index (χ2n) is 6.83. The predicted octanol–water partition coefficient (Wildman–Crippen LogP) is 2.66. The maximum atomic E-state index is 12.7. The molecule has 0 spiro atoms. The quantitative estimate of drug-likeness (QED) is 0.619. The molecule has 0 unspecified atom stereocenters. The molecule has 0 bridgehead atoms. The SMILES string of the molecule is Cc1ccc(S(=O)(=O)/N=C(/CN2CCCC2)N2CCCCC2)cc1. The van der Waals surface area contributed by atoms with Gasteiger partial charge in [-0.05, 0) is 64.3 Å². The Morgan fingerprint density at radius 1 is 0.958 bits per heavy atom. The monoisotopic (exact) mass is 349 g/mol. The number of likely N-dealkylation sites (tertiary alicyclic amines) is 2. The number of benzene rings is 1. The lowest BCUT2D eigenvalue weighted by molar-refractivity contribution is 0.312. The van der Waals surface area contributed by atoms with Gasteiger partial charge in [0.15, 0.2) is 0 Å². The minimum absolute atomic E-state index is 0.282. The average molecular weight is 350 g/mol. The summed E-state index contributed by atoms with van der Waals surface area (Å²) in [7, 11) is -3.65. The molecular formula is C18H27N3O2S. The van der Waals surface area contributed by atoms with E-state index in [9.17, 15) is 8.42 Å². The molecule has 2 aliphatic heterocycles. The summed E-state index contributed by atoms with van der Waals surface area (Å²) >= 11 is 0. The van der Waals surface area contributed by atoms with Crippen LogP contribution in [0.4, 0.5) is 0 Å². The maximum absolute atomic E-state index is 12.7. The second-order valence-corrected chi connectivity index (χ2v) is 8.43. The summed E-state index contributed by atoms with van der Waals surface area (Å²) in [5.74, 6) is 0.720. The molecule has 0 atom stereocenters. The third-order valence-corrected chi connectivity index (χ3v) is 6.15. The molecule has 2 aliphatic rings. The van der Waals surface area contributed by atoms with Crippen LogP contribution in [0.1, 0.15) is 37.7 Å². The fraction of sp³-hybridized carbons (Fsp3) is 0.611. The van der Waals surface area contributed by atoms with Crippen LogP contribution >= 0.6 is 0 Å². The third-order valence-electron chi connectivity index (χ3n) is 4.83. The molecule has 132 valence electrons. The summed E-state index contributed by atoms with van der Waals surface area (Å²) in [5.41, 5.74) is 1.05. The molecule has 2 fully saturated rings. The first-order chi connectivity index (χ1) is 11.5. The first kappa shape index (κ1) is 17.4. The Hall–Kier alpha value is -1.40. The molecular weight excluding hydrogens is 322 g/mol. The van der Waals surface area contributed by atoms with Gasteiger partial charge in [-0.1, -0.05) is 17.7 Å². The molecule has 6 heteroatoms. The Balaban J connectivity index is 1.86. The van der Waals surface area contributed by atoms with Crippen LogP contribution < -0.4 is 0 Å². The van der Waals surface area contributed by atoms with E-state index in [0.29, 0.717) is 6.54 Å². The number of rotatable bonds is 4. The highest BCUT2D eigenvalue weighted by molar-refractivity contribution is 7.90. The number of nitrogens with zero attached hydrogens (tertiary/aromatic N) is 3. The molecule has 24 heavy (non-hydrogen) atoms. The Morgan fingerprint density at radius 3 is 2.17 bits per heavy atom. The smallest absolute Gasteiger partial charge is 0.283 e. The molecule has 0 radical (unpaired) electrons. The Labute approximate surface area is 145 Å². The van der Waals surface area contributed by atoms with Crippen molar-refractivity contribution in [2.24, 2.45) is 4.40 Å². The van der Waals surface area contributed by atoms with Gasteiger partial charge in [0.05, 0.1) is 11.4 Å². The Morgan fingerprint density at radius 2 is 1.54 bits per heavy atom. The summed E-state index contributed by atoms with van der Waals surface area (Å²) in [6.45, 7) is 6.50. The minimum Gasteiger partial charge on any atom is -0.358 e. The number of aryl methyl sites for hydroxylation is 1. The van der Waals surface area contributed by atoms with E-state index in [0.717, 1.165) is 50.4 Å². The summed E-state index contributed by atoms with van der Waals surface area (Å²) in [6, 6.07) is 6.95.